The first-order valence-electron chi connectivity index (χ1n) is 7.23. The first-order chi connectivity index (χ1) is 10.3. The van der Waals surface area contributed by atoms with Crippen molar-refractivity contribution in [3.05, 3.63) is 78.6 Å². The first kappa shape index (κ1) is 12.2. The lowest BCUT2D eigenvalue weighted by Crippen LogP contribution is -2.25. The predicted molar refractivity (Wildman–Crippen MR) is 86.2 cm³/mol. The maximum absolute atomic E-state index is 2.32. The Hall–Kier alpha value is -2.61. The Kier molecular flexibility index (Phi) is 2.74. The van der Waals surface area contributed by atoms with Crippen LogP contribution in [0.2, 0.25) is 0 Å². The van der Waals surface area contributed by atoms with Crippen molar-refractivity contribution >= 4 is 21.8 Å². The molecule has 0 fully saturated rings. The maximum atomic E-state index is 2.32. The summed E-state index contributed by atoms with van der Waals surface area (Å²) in [4.78, 5) is 0. The van der Waals surface area contributed by atoms with Crippen LogP contribution >= 0.6 is 0 Å². The van der Waals surface area contributed by atoms with Crippen LogP contribution in [0.4, 0.5) is 0 Å². The zero-order valence-corrected chi connectivity index (χ0v) is 12.0. The first-order valence-corrected chi connectivity index (χ1v) is 7.23. The molecule has 0 spiro atoms. The van der Waals surface area contributed by atoms with Gasteiger partial charge in [0, 0.05) is 5.56 Å². The molecule has 3 aromatic carbocycles. The summed E-state index contributed by atoms with van der Waals surface area (Å²) >= 11 is 0. The number of hydrogen-bond donors (Lipinski definition) is 0. The van der Waals surface area contributed by atoms with Crippen LogP contribution in [0, 0.1) is 0 Å². The minimum atomic E-state index is 0.892. The summed E-state index contributed by atoms with van der Waals surface area (Å²) in [5.41, 5.74) is 3.89. The molecule has 1 aromatic heterocycles. The predicted octanol–water partition coefficient (Wildman–Crippen LogP) is 3.67. The number of rotatable bonds is 2. The van der Waals surface area contributed by atoms with Gasteiger partial charge in [0.25, 0.3) is 0 Å². The summed E-state index contributed by atoms with van der Waals surface area (Å²) in [6.07, 6.45) is 2.17. The normalized spacial score (nSPS) is 11.3. The van der Waals surface area contributed by atoms with E-state index in [4.69, 9.17) is 0 Å². The highest BCUT2D eigenvalue weighted by atomic mass is 15.1. The number of para-hydroxylation sites is 2. The number of nitrogens with zero attached hydrogens (tertiary/aromatic N) is 2. The Morgan fingerprint density at radius 3 is 2.57 bits per heavy atom. The third-order valence-corrected chi connectivity index (χ3v) is 4.10. The number of hydrogen-bond acceptors (Lipinski definition) is 0. The molecule has 0 N–H and O–H groups in total. The van der Waals surface area contributed by atoms with E-state index < -0.39 is 0 Å². The fraction of sp³-hybridized carbons (Fsp3) is 0.105. The minimum Gasteiger partial charge on any atom is -0.233 e. The van der Waals surface area contributed by atoms with Crippen molar-refractivity contribution in [2.75, 3.05) is 0 Å². The molecule has 0 aliphatic heterocycles. The number of aryl methyl sites for hydroxylation is 1. The summed E-state index contributed by atoms with van der Waals surface area (Å²) in [6, 6.07) is 23.6. The second kappa shape index (κ2) is 4.74. The van der Waals surface area contributed by atoms with E-state index in [1.165, 1.54) is 27.4 Å². The Labute approximate surface area is 123 Å². The van der Waals surface area contributed by atoms with Gasteiger partial charge in [0.15, 0.2) is 11.0 Å². The van der Waals surface area contributed by atoms with Crippen molar-refractivity contribution in [1.29, 1.82) is 0 Å². The highest BCUT2D eigenvalue weighted by Gasteiger charge is 2.13. The van der Waals surface area contributed by atoms with Crippen LogP contribution in [-0.2, 0) is 13.6 Å². The number of imidazole rings is 1. The summed E-state index contributed by atoms with van der Waals surface area (Å²) in [5.74, 6) is 0. The highest BCUT2D eigenvalue weighted by Crippen LogP contribution is 2.21. The van der Waals surface area contributed by atoms with E-state index in [-0.39, 0.29) is 0 Å². The van der Waals surface area contributed by atoms with Crippen molar-refractivity contribution in [3.8, 4) is 0 Å². The van der Waals surface area contributed by atoms with Crippen molar-refractivity contribution < 1.29 is 4.57 Å². The molecule has 102 valence electrons. The van der Waals surface area contributed by atoms with E-state index in [2.05, 4.69) is 89.2 Å². The molecule has 0 unspecified atom stereocenters. The lowest BCUT2D eigenvalue weighted by atomic mass is 10.0. The van der Waals surface area contributed by atoms with E-state index in [0.29, 0.717) is 0 Å². The largest absolute Gasteiger partial charge is 0.244 e. The molecular weight excluding hydrogens is 256 g/mol. The van der Waals surface area contributed by atoms with Crippen molar-refractivity contribution in [2.24, 2.45) is 7.05 Å². The van der Waals surface area contributed by atoms with Gasteiger partial charge in [0.2, 0.25) is 6.33 Å². The third kappa shape index (κ3) is 2.00. The van der Waals surface area contributed by atoms with Gasteiger partial charge in [0.1, 0.15) is 6.54 Å². The average molecular weight is 273 g/mol. The molecule has 0 aliphatic carbocycles. The average Bonchev–Trinajstić information content (AvgIpc) is 2.85. The van der Waals surface area contributed by atoms with Crippen molar-refractivity contribution in [3.63, 3.8) is 0 Å². The molecule has 21 heavy (non-hydrogen) atoms. The maximum Gasteiger partial charge on any atom is 0.244 e. The zero-order valence-electron chi connectivity index (χ0n) is 12.0. The Morgan fingerprint density at radius 2 is 1.62 bits per heavy atom. The molecule has 2 heteroatoms. The fourth-order valence-corrected chi connectivity index (χ4v) is 3.08. The smallest absolute Gasteiger partial charge is 0.233 e. The molecule has 0 saturated heterocycles. The molecule has 4 aromatic rings. The van der Waals surface area contributed by atoms with Gasteiger partial charge in [-0.05, 0) is 22.9 Å². The summed E-state index contributed by atoms with van der Waals surface area (Å²) < 4.78 is 4.50. The van der Waals surface area contributed by atoms with Gasteiger partial charge >= 0.3 is 0 Å². The molecule has 0 radical (unpaired) electrons. The Morgan fingerprint density at radius 1 is 0.857 bits per heavy atom. The molecule has 0 bridgehead atoms. The van der Waals surface area contributed by atoms with Gasteiger partial charge in [-0.3, -0.25) is 0 Å². The summed E-state index contributed by atoms with van der Waals surface area (Å²) in [5, 5.41) is 2.64. The monoisotopic (exact) mass is 273 g/mol. The fourth-order valence-electron chi connectivity index (χ4n) is 3.08. The van der Waals surface area contributed by atoms with Gasteiger partial charge in [-0.25, -0.2) is 9.13 Å². The SMILES string of the molecule is C[n+]1cn(Cc2cccc3ccccc23)c2ccccc21. The van der Waals surface area contributed by atoms with Gasteiger partial charge in [-0.2, -0.15) is 0 Å². The van der Waals surface area contributed by atoms with Crippen LogP contribution in [0.1, 0.15) is 5.56 Å². The highest BCUT2D eigenvalue weighted by molar-refractivity contribution is 5.85. The third-order valence-electron chi connectivity index (χ3n) is 4.10. The topological polar surface area (TPSA) is 8.81 Å². The number of fused-ring (bicyclic) bond motifs is 2. The molecule has 0 amide bonds. The second-order valence-corrected chi connectivity index (χ2v) is 5.48. The number of aromatic nitrogens is 2. The number of benzene rings is 3. The lowest BCUT2D eigenvalue weighted by molar-refractivity contribution is -0.645. The van der Waals surface area contributed by atoms with E-state index in [1.807, 2.05) is 0 Å². The Balaban J connectivity index is 1.87. The molecule has 4 rings (SSSR count). The van der Waals surface area contributed by atoms with E-state index in [9.17, 15) is 0 Å². The van der Waals surface area contributed by atoms with Crippen LogP contribution in [-0.4, -0.2) is 4.57 Å². The standard InChI is InChI=1S/C19H17N2/c1-20-14-21(19-12-5-4-11-18(19)20)13-16-9-6-8-15-7-2-3-10-17(15)16/h2-12,14H,13H2,1H3/q+1. The molecule has 0 saturated carbocycles. The van der Waals surface area contributed by atoms with Crippen LogP contribution < -0.4 is 4.57 Å². The van der Waals surface area contributed by atoms with Crippen molar-refractivity contribution in [2.45, 2.75) is 6.54 Å². The minimum absolute atomic E-state index is 0.892. The van der Waals surface area contributed by atoms with Crippen LogP contribution in [0.5, 0.6) is 0 Å². The van der Waals surface area contributed by atoms with Gasteiger partial charge in [-0.15, -0.1) is 0 Å². The van der Waals surface area contributed by atoms with Gasteiger partial charge in [-0.1, -0.05) is 54.6 Å². The van der Waals surface area contributed by atoms with Gasteiger partial charge in [0.05, 0.1) is 7.05 Å². The molecule has 0 atom stereocenters. The second-order valence-electron chi connectivity index (χ2n) is 5.48. The van der Waals surface area contributed by atoms with Crippen molar-refractivity contribution in [1.82, 2.24) is 4.57 Å². The molecule has 1 heterocycles. The van der Waals surface area contributed by atoms with Gasteiger partial charge < -0.3 is 0 Å². The molecular formula is C19H17N2+. The van der Waals surface area contributed by atoms with E-state index in [0.717, 1.165) is 6.54 Å². The van der Waals surface area contributed by atoms with E-state index >= 15 is 0 Å². The Bertz CT molecular complexity index is 929. The molecule has 0 aliphatic rings. The van der Waals surface area contributed by atoms with Crippen LogP contribution in [0.3, 0.4) is 0 Å². The van der Waals surface area contributed by atoms with Crippen LogP contribution in [0.15, 0.2) is 73.1 Å². The van der Waals surface area contributed by atoms with E-state index in [1.54, 1.807) is 0 Å². The summed E-state index contributed by atoms with van der Waals surface area (Å²) in [7, 11) is 2.10. The summed E-state index contributed by atoms with van der Waals surface area (Å²) in [6.45, 7) is 0.892. The molecule has 2 nitrogen and oxygen atoms in total. The lowest BCUT2D eigenvalue weighted by Gasteiger charge is -2.04. The quantitative estimate of drug-likeness (QED) is 0.493. The van der Waals surface area contributed by atoms with Crippen LogP contribution in [0.25, 0.3) is 21.8 Å². The zero-order chi connectivity index (χ0) is 14.2.